The van der Waals surface area contributed by atoms with Gasteiger partial charge in [-0.2, -0.15) is 0 Å². The van der Waals surface area contributed by atoms with Gasteiger partial charge in [0.05, 0.1) is 7.11 Å². The van der Waals surface area contributed by atoms with Crippen LogP contribution in [0.15, 0.2) is 48.7 Å². The van der Waals surface area contributed by atoms with E-state index in [1.807, 2.05) is 30.3 Å². The van der Waals surface area contributed by atoms with Crippen molar-refractivity contribution in [1.29, 1.82) is 0 Å². The molecule has 1 aromatic heterocycles. The molecule has 5 heteroatoms. The summed E-state index contributed by atoms with van der Waals surface area (Å²) in [5, 5.41) is 5.54. The van der Waals surface area contributed by atoms with E-state index in [4.69, 9.17) is 4.74 Å². The molecule has 2 rings (SSSR count). The van der Waals surface area contributed by atoms with E-state index in [0.29, 0.717) is 24.4 Å². The van der Waals surface area contributed by atoms with Gasteiger partial charge in [-0.25, -0.2) is 4.79 Å². The maximum Gasteiger partial charge on any atom is 0.319 e. The van der Waals surface area contributed by atoms with Gasteiger partial charge in [0.15, 0.2) is 0 Å². The van der Waals surface area contributed by atoms with Crippen molar-refractivity contribution >= 4 is 11.7 Å². The number of aromatic nitrogens is 1. The van der Waals surface area contributed by atoms with Crippen LogP contribution in [0.2, 0.25) is 0 Å². The number of pyridine rings is 1. The van der Waals surface area contributed by atoms with Crippen molar-refractivity contribution in [3.8, 4) is 5.75 Å². The minimum absolute atomic E-state index is 0.241. The van der Waals surface area contributed by atoms with E-state index in [0.717, 1.165) is 5.69 Å². The number of amides is 2. The normalized spacial score (nSPS) is 9.85. The quantitative estimate of drug-likeness (QED) is 0.878. The van der Waals surface area contributed by atoms with Crippen molar-refractivity contribution < 1.29 is 9.53 Å². The van der Waals surface area contributed by atoms with Gasteiger partial charge < -0.3 is 15.4 Å². The Morgan fingerprint density at radius 1 is 1.25 bits per heavy atom. The first-order valence-corrected chi connectivity index (χ1v) is 6.37. The summed E-state index contributed by atoms with van der Waals surface area (Å²) in [4.78, 5) is 15.9. The maximum absolute atomic E-state index is 11.7. The molecule has 0 saturated heterocycles. The Morgan fingerprint density at radius 2 is 2.15 bits per heavy atom. The van der Waals surface area contributed by atoms with Crippen LogP contribution in [0, 0.1) is 0 Å². The molecule has 0 aliphatic rings. The predicted molar refractivity (Wildman–Crippen MR) is 78.0 cm³/mol. The summed E-state index contributed by atoms with van der Waals surface area (Å²) in [5.74, 6) is 0.705. The van der Waals surface area contributed by atoms with Gasteiger partial charge in [0.1, 0.15) is 5.75 Å². The molecule has 2 N–H and O–H groups in total. The van der Waals surface area contributed by atoms with Gasteiger partial charge in [-0.05, 0) is 24.3 Å². The number of carbonyl (C=O) groups excluding carboxylic acids is 1. The molecule has 0 fully saturated rings. The number of hydrogen-bond donors (Lipinski definition) is 2. The number of nitrogens with one attached hydrogen (secondary N) is 2. The van der Waals surface area contributed by atoms with Crippen LogP contribution >= 0.6 is 0 Å². The second-order valence-corrected chi connectivity index (χ2v) is 4.18. The van der Waals surface area contributed by atoms with Crippen LogP contribution in [0.25, 0.3) is 0 Å². The highest BCUT2D eigenvalue weighted by Crippen LogP contribution is 2.16. The molecule has 0 aliphatic heterocycles. The van der Waals surface area contributed by atoms with E-state index in [1.165, 1.54) is 0 Å². The number of anilines is 1. The fraction of sp³-hybridized carbons (Fsp3) is 0.200. The van der Waals surface area contributed by atoms with E-state index in [9.17, 15) is 4.79 Å². The van der Waals surface area contributed by atoms with Crippen LogP contribution in [0.3, 0.4) is 0 Å². The van der Waals surface area contributed by atoms with E-state index in [-0.39, 0.29) is 6.03 Å². The molecule has 0 spiro atoms. The molecule has 1 heterocycles. The van der Waals surface area contributed by atoms with Crippen LogP contribution in [0.1, 0.15) is 5.69 Å². The van der Waals surface area contributed by atoms with Crippen LogP contribution in [-0.2, 0) is 6.42 Å². The Labute approximate surface area is 118 Å². The number of methoxy groups -OCH3 is 1. The maximum atomic E-state index is 11.7. The van der Waals surface area contributed by atoms with Crippen LogP contribution in [0.5, 0.6) is 5.75 Å². The van der Waals surface area contributed by atoms with Crippen molar-refractivity contribution in [1.82, 2.24) is 10.3 Å². The molecule has 5 nitrogen and oxygen atoms in total. The first kappa shape index (κ1) is 13.9. The third-order valence-electron chi connectivity index (χ3n) is 2.72. The molecule has 2 aromatic rings. The van der Waals surface area contributed by atoms with E-state index >= 15 is 0 Å². The zero-order valence-electron chi connectivity index (χ0n) is 11.3. The van der Waals surface area contributed by atoms with Crippen molar-refractivity contribution in [3.63, 3.8) is 0 Å². The Hall–Kier alpha value is -2.56. The zero-order chi connectivity index (χ0) is 14.2. The summed E-state index contributed by atoms with van der Waals surface area (Å²) < 4.78 is 5.10. The average molecular weight is 271 g/mol. The second kappa shape index (κ2) is 7.13. The summed E-state index contributed by atoms with van der Waals surface area (Å²) in [6, 6.07) is 12.7. The molecular weight excluding hydrogens is 254 g/mol. The van der Waals surface area contributed by atoms with Crippen molar-refractivity contribution in [2.24, 2.45) is 0 Å². The minimum Gasteiger partial charge on any atom is -0.497 e. The van der Waals surface area contributed by atoms with Gasteiger partial charge in [-0.3, -0.25) is 4.98 Å². The number of rotatable bonds is 5. The third kappa shape index (κ3) is 4.28. The number of nitrogens with zero attached hydrogens (tertiary/aromatic N) is 1. The van der Waals surface area contributed by atoms with E-state index < -0.39 is 0 Å². The van der Waals surface area contributed by atoms with Gasteiger partial charge in [0.2, 0.25) is 0 Å². The molecule has 0 unspecified atom stereocenters. The smallest absolute Gasteiger partial charge is 0.319 e. The molecule has 0 aliphatic carbocycles. The van der Waals surface area contributed by atoms with Gasteiger partial charge in [-0.15, -0.1) is 0 Å². The fourth-order valence-corrected chi connectivity index (χ4v) is 1.73. The summed E-state index contributed by atoms with van der Waals surface area (Å²) in [6.07, 6.45) is 2.44. The highest BCUT2D eigenvalue weighted by molar-refractivity contribution is 5.89. The Balaban J connectivity index is 1.77. The van der Waals surface area contributed by atoms with Gasteiger partial charge in [0.25, 0.3) is 0 Å². The highest BCUT2D eigenvalue weighted by atomic mass is 16.5. The number of urea groups is 1. The molecular formula is C15H17N3O2. The summed E-state index contributed by atoms with van der Waals surface area (Å²) in [7, 11) is 1.59. The lowest BCUT2D eigenvalue weighted by molar-refractivity contribution is 0.252. The van der Waals surface area contributed by atoms with Crippen LogP contribution in [0.4, 0.5) is 10.5 Å². The second-order valence-electron chi connectivity index (χ2n) is 4.18. The molecule has 104 valence electrons. The molecule has 20 heavy (non-hydrogen) atoms. The lowest BCUT2D eigenvalue weighted by Gasteiger charge is -2.08. The Kier molecular flexibility index (Phi) is 4.94. The summed E-state index contributed by atoms with van der Waals surface area (Å²) in [6.45, 7) is 0.535. The summed E-state index contributed by atoms with van der Waals surface area (Å²) >= 11 is 0. The topological polar surface area (TPSA) is 63.2 Å². The first-order valence-electron chi connectivity index (χ1n) is 6.37. The molecule has 1 aromatic carbocycles. The van der Waals surface area contributed by atoms with Gasteiger partial charge in [-0.1, -0.05) is 12.1 Å². The molecule has 0 bridgehead atoms. The van der Waals surface area contributed by atoms with Crippen LogP contribution < -0.4 is 15.4 Å². The van der Waals surface area contributed by atoms with Crippen molar-refractivity contribution in [2.45, 2.75) is 6.42 Å². The highest BCUT2D eigenvalue weighted by Gasteiger charge is 2.02. The minimum atomic E-state index is -0.241. The summed E-state index contributed by atoms with van der Waals surface area (Å²) in [5.41, 5.74) is 1.65. The monoisotopic (exact) mass is 271 g/mol. The van der Waals surface area contributed by atoms with Crippen molar-refractivity contribution in [3.05, 3.63) is 54.4 Å². The number of ether oxygens (including phenoxy) is 1. The lowest BCUT2D eigenvalue weighted by atomic mass is 10.3. The standard InChI is InChI=1S/C15H17N3O2/c1-20-14-7-4-6-13(11-14)18-15(19)17-10-8-12-5-2-3-9-16-12/h2-7,9,11H,8,10H2,1H3,(H2,17,18,19). The predicted octanol–water partition coefficient (Wildman–Crippen LogP) is 2.45. The van der Waals surface area contributed by atoms with E-state index in [1.54, 1.807) is 25.4 Å². The Morgan fingerprint density at radius 3 is 2.90 bits per heavy atom. The molecule has 0 saturated carbocycles. The Bertz CT molecular complexity index is 558. The number of hydrogen-bond acceptors (Lipinski definition) is 3. The molecule has 0 radical (unpaired) electrons. The third-order valence-corrected chi connectivity index (χ3v) is 2.72. The van der Waals surface area contributed by atoms with Crippen molar-refractivity contribution in [2.75, 3.05) is 19.0 Å². The van der Waals surface area contributed by atoms with Crippen LogP contribution in [-0.4, -0.2) is 24.7 Å². The fourth-order valence-electron chi connectivity index (χ4n) is 1.73. The molecule has 0 atom stereocenters. The number of benzene rings is 1. The average Bonchev–Trinajstić information content (AvgIpc) is 2.48. The zero-order valence-corrected chi connectivity index (χ0v) is 11.3. The number of carbonyl (C=O) groups is 1. The molecule has 2 amide bonds. The lowest BCUT2D eigenvalue weighted by Crippen LogP contribution is -2.30. The SMILES string of the molecule is COc1cccc(NC(=O)NCCc2ccccn2)c1. The largest absolute Gasteiger partial charge is 0.497 e. The van der Waals surface area contributed by atoms with Gasteiger partial charge in [0, 0.05) is 36.6 Å². The van der Waals surface area contributed by atoms with Gasteiger partial charge >= 0.3 is 6.03 Å². The first-order chi connectivity index (χ1) is 9.78. The van der Waals surface area contributed by atoms with E-state index in [2.05, 4.69) is 15.6 Å².